The Bertz CT molecular complexity index is 989. The van der Waals surface area contributed by atoms with Crippen molar-refractivity contribution in [1.82, 2.24) is 20.3 Å². The van der Waals surface area contributed by atoms with Gasteiger partial charge in [-0.25, -0.2) is 15.0 Å². The van der Waals surface area contributed by atoms with Gasteiger partial charge in [-0.3, -0.25) is 4.79 Å². The zero-order valence-corrected chi connectivity index (χ0v) is 14.1. The molecule has 0 fully saturated rings. The molecule has 0 unspecified atom stereocenters. The van der Waals surface area contributed by atoms with Crippen LogP contribution in [0.15, 0.2) is 48.7 Å². The van der Waals surface area contributed by atoms with Crippen LogP contribution in [0.3, 0.4) is 0 Å². The lowest BCUT2D eigenvalue weighted by atomic mass is 9.91. The average Bonchev–Trinajstić information content (AvgIpc) is 2.67. The number of carbonyl (C=O) groups excluding carboxylic acids is 1. The number of nitrogens with two attached hydrogens (primary N) is 1. The molecule has 0 spiro atoms. The molecule has 1 aliphatic heterocycles. The minimum atomic E-state index is -0.228. The van der Waals surface area contributed by atoms with Gasteiger partial charge in [0, 0.05) is 24.2 Å². The third-order valence-corrected chi connectivity index (χ3v) is 4.38. The van der Waals surface area contributed by atoms with Gasteiger partial charge in [-0.1, -0.05) is 30.3 Å². The summed E-state index contributed by atoms with van der Waals surface area (Å²) >= 11 is 0. The number of rotatable bonds is 3. The van der Waals surface area contributed by atoms with Gasteiger partial charge >= 0.3 is 0 Å². The number of nitrogen functional groups attached to an aromatic ring is 1. The quantitative estimate of drug-likeness (QED) is 0.752. The van der Waals surface area contributed by atoms with E-state index in [2.05, 4.69) is 20.3 Å². The summed E-state index contributed by atoms with van der Waals surface area (Å²) in [4.78, 5) is 25.1. The van der Waals surface area contributed by atoms with Crippen molar-refractivity contribution in [2.45, 2.75) is 12.5 Å². The van der Waals surface area contributed by atoms with E-state index in [1.807, 2.05) is 36.4 Å². The van der Waals surface area contributed by atoms with E-state index in [0.29, 0.717) is 23.6 Å². The minimum Gasteiger partial charge on any atom is -0.481 e. The molecule has 130 valence electrons. The highest BCUT2D eigenvalue weighted by atomic mass is 16.5. The summed E-state index contributed by atoms with van der Waals surface area (Å²) in [7, 11) is 1.58. The molecule has 0 aliphatic carbocycles. The zero-order valence-electron chi connectivity index (χ0n) is 14.1. The molecule has 26 heavy (non-hydrogen) atoms. The summed E-state index contributed by atoms with van der Waals surface area (Å²) in [6.45, 7) is 0. The largest absolute Gasteiger partial charge is 0.481 e. The van der Waals surface area contributed by atoms with Gasteiger partial charge < -0.3 is 15.8 Å². The second-order valence-electron chi connectivity index (χ2n) is 5.97. The van der Waals surface area contributed by atoms with Crippen LogP contribution in [0.1, 0.15) is 27.7 Å². The van der Waals surface area contributed by atoms with Crippen molar-refractivity contribution in [3.8, 4) is 17.1 Å². The third-order valence-electron chi connectivity index (χ3n) is 4.38. The summed E-state index contributed by atoms with van der Waals surface area (Å²) in [6, 6.07) is 13.2. The number of hydrogen-bond donors (Lipinski definition) is 2. The van der Waals surface area contributed by atoms with Crippen molar-refractivity contribution in [2.75, 3.05) is 12.8 Å². The lowest BCUT2D eigenvalue weighted by molar-refractivity contribution is 0.0923. The molecule has 4 rings (SSSR count). The Morgan fingerprint density at radius 3 is 2.81 bits per heavy atom. The summed E-state index contributed by atoms with van der Waals surface area (Å²) in [5.74, 6) is 0.500. The summed E-state index contributed by atoms with van der Waals surface area (Å²) in [5.41, 5.74) is 9.48. The number of carbonyl (C=O) groups is 1. The fourth-order valence-electron chi connectivity index (χ4n) is 3.16. The topological polar surface area (TPSA) is 103 Å². The SMILES string of the molecule is COc1cccc(-c2ccccc2[C@H]2Cc3nc(N)ncc3C(=O)N2)n1. The molecule has 7 heteroatoms. The molecular weight excluding hydrogens is 330 g/mol. The van der Waals surface area contributed by atoms with E-state index in [1.165, 1.54) is 6.20 Å². The van der Waals surface area contributed by atoms with Crippen LogP contribution in [-0.4, -0.2) is 28.0 Å². The van der Waals surface area contributed by atoms with E-state index < -0.39 is 0 Å². The lowest BCUT2D eigenvalue weighted by Crippen LogP contribution is -2.36. The van der Waals surface area contributed by atoms with E-state index in [9.17, 15) is 4.79 Å². The number of pyridine rings is 1. The average molecular weight is 347 g/mol. The van der Waals surface area contributed by atoms with Gasteiger partial charge in [0.1, 0.15) is 0 Å². The van der Waals surface area contributed by atoms with Gasteiger partial charge in [0.05, 0.1) is 30.1 Å². The van der Waals surface area contributed by atoms with E-state index in [-0.39, 0.29) is 17.9 Å². The number of fused-ring (bicyclic) bond motifs is 1. The normalized spacial score (nSPS) is 15.9. The van der Waals surface area contributed by atoms with Crippen LogP contribution in [0.4, 0.5) is 5.95 Å². The van der Waals surface area contributed by atoms with Gasteiger partial charge in [0.15, 0.2) is 0 Å². The van der Waals surface area contributed by atoms with Crippen LogP contribution < -0.4 is 15.8 Å². The summed E-state index contributed by atoms with van der Waals surface area (Å²) in [5, 5.41) is 3.03. The van der Waals surface area contributed by atoms with Crippen LogP contribution >= 0.6 is 0 Å². The Balaban J connectivity index is 1.76. The number of methoxy groups -OCH3 is 1. The number of aromatic nitrogens is 3. The van der Waals surface area contributed by atoms with E-state index in [1.54, 1.807) is 13.2 Å². The molecule has 7 nitrogen and oxygen atoms in total. The second kappa shape index (κ2) is 6.44. The van der Waals surface area contributed by atoms with Crippen LogP contribution in [0, 0.1) is 0 Å². The van der Waals surface area contributed by atoms with Gasteiger partial charge in [-0.05, 0) is 11.6 Å². The van der Waals surface area contributed by atoms with Crippen molar-refractivity contribution >= 4 is 11.9 Å². The van der Waals surface area contributed by atoms with Gasteiger partial charge in [-0.2, -0.15) is 0 Å². The number of nitrogens with zero attached hydrogens (tertiary/aromatic N) is 3. The van der Waals surface area contributed by atoms with Crippen molar-refractivity contribution in [1.29, 1.82) is 0 Å². The molecule has 3 heterocycles. The van der Waals surface area contributed by atoms with Gasteiger partial charge in [0.2, 0.25) is 11.8 Å². The highest BCUT2D eigenvalue weighted by molar-refractivity contribution is 5.96. The van der Waals surface area contributed by atoms with Crippen molar-refractivity contribution in [2.24, 2.45) is 0 Å². The molecule has 3 aromatic rings. The number of hydrogen-bond acceptors (Lipinski definition) is 6. The maximum atomic E-state index is 12.5. The van der Waals surface area contributed by atoms with Crippen LogP contribution in [0.25, 0.3) is 11.3 Å². The molecule has 3 N–H and O–H groups in total. The number of benzene rings is 1. The van der Waals surface area contributed by atoms with Crippen LogP contribution in [0.2, 0.25) is 0 Å². The smallest absolute Gasteiger partial charge is 0.255 e. The molecule has 0 saturated carbocycles. The summed E-state index contributed by atoms with van der Waals surface area (Å²) < 4.78 is 5.23. The third kappa shape index (κ3) is 2.83. The maximum Gasteiger partial charge on any atom is 0.255 e. The number of nitrogens with one attached hydrogen (secondary N) is 1. The highest BCUT2D eigenvalue weighted by Crippen LogP contribution is 2.32. The first-order chi connectivity index (χ1) is 12.7. The van der Waals surface area contributed by atoms with Crippen LogP contribution in [0.5, 0.6) is 5.88 Å². The van der Waals surface area contributed by atoms with Gasteiger partial charge in [-0.15, -0.1) is 0 Å². The minimum absolute atomic E-state index is 0.167. The second-order valence-corrected chi connectivity index (χ2v) is 5.97. The highest BCUT2D eigenvalue weighted by Gasteiger charge is 2.28. The fraction of sp³-hybridized carbons (Fsp3) is 0.158. The Morgan fingerprint density at radius 1 is 1.12 bits per heavy atom. The monoisotopic (exact) mass is 347 g/mol. The van der Waals surface area contributed by atoms with Crippen molar-refractivity contribution < 1.29 is 9.53 Å². The first kappa shape index (κ1) is 16.0. The molecule has 1 aromatic carbocycles. The maximum absolute atomic E-state index is 12.5. The Hall–Kier alpha value is -3.48. The molecule has 1 amide bonds. The molecule has 1 atom stereocenters. The van der Waals surface area contributed by atoms with Crippen LogP contribution in [-0.2, 0) is 6.42 Å². The predicted octanol–water partition coefficient (Wildman–Crippen LogP) is 2.16. The standard InChI is InChI=1S/C19H17N5O2/c1-26-17-8-4-7-14(22-17)11-5-2-3-6-12(11)15-9-16-13(18(25)23-15)10-21-19(20)24-16/h2-8,10,15H,9H2,1H3,(H,23,25)(H2,20,21,24)/t15-/m1/s1. The zero-order chi connectivity index (χ0) is 18.1. The molecule has 2 aromatic heterocycles. The molecular formula is C19H17N5O2. The molecule has 1 aliphatic rings. The van der Waals surface area contributed by atoms with E-state index in [0.717, 1.165) is 16.8 Å². The predicted molar refractivity (Wildman–Crippen MR) is 96.6 cm³/mol. The number of anilines is 1. The van der Waals surface area contributed by atoms with Crippen molar-refractivity contribution in [3.05, 3.63) is 65.5 Å². The van der Waals surface area contributed by atoms with Crippen molar-refractivity contribution in [3.63, 3.8) is 0 Å². The Morgan fingerprint density at radius 2 is 1.96 bits per heavy atom. The molecule has 0 bridgehead atoms. The molecule has 0 saturated heterocycles. The Labute approximate surface area is 150 Å². The molecule has 0 radical (unpaired) electrons. The van der Waals surface area contributed by atoms with Gasteiger partial charge in [0.25, 0.3) is 5.91 Å². The van der Waals surface area contributed by atoms with E-state index >= 15 is 0 Å². The summed E-state index contributed by atoms with van der Waals surface area (Å²) in [6.07, 6.45) is 2.01. The van der Waals surface area contributed by atoms with E-state index in [4.69, 9.17) is 10.5 Å². The lowest BCUT2D eigenvalue weighted by Gasteiger charge is -2.26. The fourth-order valence-corrected chi connectivity index (χ4v) is 3.16. The number of ether oxygens (including phenoxy) is 1. The first-order valence-corrected chi connectivity index (χ1v) is 8.18. The first-order valence-electron chi connectivity index (χ1n) is 8.18. The number of amides is 1. The Kier molecular flexibility index (Phi) is 3.96.